The van der Waals surface area contributed by atoms with Crippen molar-refractivity contribution in [1.82, 2.24) is 0 Å². The summed E-state index contributed by atoms with van der Waals surface area (Å²) < 4.78 is 0. The van der Waals surface area contributed by atoms with Crippen molar-refractivity contribution in [3.8, 4) is 0 Å². The van der Waals surface area contributed by atoms with E-state index in [1.807, 2.05) is 0 Å². The average molecular weight is 428 g/mol. The summed E-state index contributed by atoms with van der Waals surface area (Å²) in [6.45, 7) is 0. The SMILES string of the molecule is BrCC1=C2C(=Cc3ccccc32)C(CBr)(c2ccccc2)C=C1. The first-order valence-electron chi connectivity index (χ1n) is 7.72. The minimum absolute atomic E-state index is 0.110. The topological polar surface area (TPSA) is 0 Å². The highest BCUT2D eigenvalue weighted by Gasteiger charge is 2.40. The van der Waals surface area contributed by atoms with Gasteiger partial charge in [-0.3, -0.25) is 0 Å². The second-order valence-corrected chi connectivity index (χ2v) is 7.10. The first-order chi connectivity index (χ1) is 11.3. The fourth-order valence-electron chi connectivity index (χ4n) is 3.63. The van der Waals surface area contributed by atoms with Crippen LogP contribution in [0.15, 0.2) is 77.9 Å². The molecule has 1 unspecified atom stereocenters. The third-order valence-electron chi connectivity index (χ3n) is 4.81. The molecule has 2 aromatic carbocycles. The Morgan fingerprint density at radius 1 is 0.870 bits per heavy atom. The Hall–Kier alpha value is -1.38. The molecule has 1 atom stereocenters. The number of alkyl halides is 2. The lowest BCUT2D eigenvalue weighted by atomic mass is 9.69. The predicted octanol–water partition coefficient (Wildman–Crippen LogP) is 6.13. The molecule has 0 saturated carbocycles. The molecule has 23 heavy (non-hydrogen) atoms. The van der Waals surface area contributed by atoms with Crippen LogP contribution in [0.4, 0.5) is 0 Å². The van der Waals surface area contributed by atoms with Gasteiger partial charge >= 0.3 is 0 Å². The van der Waals surface area contributed by atoms with E-state index in [4.69, 9.17) is 0 Å². The van der Waals surface area contributed by atoms with Gasteiger partial charge < -0.3 is 0 Å². The lowest BCUT2D eigenvalue weighted by Crippen LogP contribution is -2.30. The molecule has 0 spiro atoms. The van der Waals surface area contributed by atoms with E-state index in [9.17, 15) is 0 Å². The Labute approximate surface area is 153 Å². The molecule has 0 bridgehead atoms. The Morgan fingerprint density at radius 3 is 2.35 bits per heavy atom. The molecule has 2 aromatic rings. The zero-order valence-corrected chi connectivity index (χ0v) is 15.8. The number of hydrogen-bond acceptors (Lipinski definition) is 0. The first kappa shape index (κ1) is 15.2. The number of fused-ring (bicyclic) bond motifs is 3. The lowest BCUT2D eigenvalue weighted by Gasteiger charge is -2.36. The summed E-state index contributed by atoms with van der Waals surface area (Å²) in [5.41, 5.74) is 8.04. The minimum atomic E-state index is -0.110. The van der Waals surface area contributed by atoms with Gasteiger partial charge in [0, 0.05) is 16.1 Å². The molecule has 0 N–H and O–H groups in total. The fraction of sp³-hybridized carbons (Fsp3) is 0.143. The van der Waals surface area contributed by atoms with Crippen molar-refractivity contribution in [1.29, 1.82) is 0 Å². The molecule has 0 aliphatic heterocycles. The van der Waals surface area contributed by atoms with Crippen molar-refractivity contribution in [2.24, 2.45) is 0 Å². The largest absolute Gasteiger partial charge is 0.0911 e. The maximum absolute atomic E-state index is 3.80. The average Bonchev–Trinajstić information content (AvgIpc) is 3.02. The second kappa shape index (κ2) is 5.92. The van der Waals surface area contributed by atoms with Gasteiger partial charge in [0.25, 0.3) is 0 Å². The molecule has 2 aliphatic carbocycles. The number of halogens is 2. The van der Waals surface area contributed by atoms with E-state index in [-0.39, 0.29) is 5.41 Å². The van der Waals surface area contributed by atoms with E-state index < -0.39 is 0 Å². The molecule has 0 aromatic heterocycles. The van der Waals surface area contributed by atoms with Crippen LogP contribution in [0.5, 0.6) is 0 Å². The third-order valence-corrected chi connectivity index (χ3v) is 6.30. The van der Waals surface area contributed by atoms with E-state index in [1.54, 1.807) is 0 Å². The van der Waals surface area contributed by atoms with Crippen LogP contribution >= 0.6 is 31.9 Å². The number of rotatable bonds is 3. The van der Waals surface area contributed by atoms with Crippen molar-refractivity contribution in [2.45, 2.75) is 5.41 Å². The van der Waals surface area contributed by atoms with E-state index in [0.717, 1.165) is 10.7 Å². The van der Waals surface area contributed by atoms with Crippen LogP contribution in [-0.2, 0) is 5.41 Å². The standard InChI is InChI=1S/C21H16Br2/c22-13-16-10-11-21(14-23,17-7-2-1-3-8-17)19-12-15-6-4-5-9-18(15)20(16)19/h1-12H,13-14H2. The van der Waals surface area contributed by atoms with Gasteiger partial charge in [-0.2, -0.15) is 0 Å². The van der Waals surface area contributed by atoms with Crippen molar-refractivity contribution >= 4 is 43.5 Å². The summed E-state index contributed by atoms with van der Waals surface area (Å²) in [6, 6.07) is 19.5. The second-order valence-electron chi connectivity index (χ2n) is 5.98. The molecule has 0 radical (unpaired) electrons. The van der Waals surface area contributed by atoms with Crippen LogP contribution in [0.1, 0.15) is 16.7 Å². The highest BCUT2D eigenvalue weighted by atomic mass is 79.9. The van der Waals surface area contributed by atoms with Gasteiger partial charge in [0.2, 0.25) is 0 Å². The van der Waals surface area contributed by atoms with Crippen LogP contribution in [0.3, 0.4) is 0 Å². The van der Waals surface area contributed by atoms with E-state index in [1.165, 1.54) is 33.4 Å². The number of benzene rings is 2. The smallest absolute Gasteiger partial charge is 0.0488 e. The van der Waals surface area contributed by atoms with Crippen LogP contribution in [0.2, 0.25) is 0 Å². The zero-order chi connectivity index (χ0) is 15.9. The summed E-state index contributed by atoms with van der Waals surface area (Å²) in [4.78, 5) is 0. The maximum Gasteiger partial charge on any atom is 0.0488 e. The molecule has 2 aliphatic rings. The van der Waals surface area contributed by atoms with Gasteiger partial charge in [-0.25, -0.2) is 0 Å². The van der Waals surface area contributed by atoms with Gasteiger partial charge in [-0.15, -0.1) is 0 Å². The lowest BCUT2D eigenvalue weighted by molar-refractivity contribution is 0.746. The van der Waals surface area contributed by atoms with Crippen LogP contribution in [-0.4, -0.2) is 10.7 Å². The van der Waals surface area contributed by atoms with Crippen molar-refractivity contribution in [3.05, 3.63) is 94.6 Å². The summed E-state index contributed by atoms with van der Waals surface area (Å²) in [5.74, 6) is 0. The molecular formula is C21H16Br2. The Bertz CT molecular complexity index is 843. The molecule has 0 heterocycles. The number of hydrogen-bond donors (Lipinski definition) is 0. The molecule has 114 valence electrons. The molecular weight excluding hydrogens is 412 g/mol. The van der Waals surface area contributed by atoms with Gasteiger partial charge in [-0.05, 0) is 39.5 Å². The Kier molecular flexibility index (Phi) is 3.90. The minimum Gasteiger partial charge on any atom is -0.0911 e. The molecule has 0 fully saturated rings. The van der Waals surface area contributed by atoms with Crippen molar-refractivity contribution in [3.63, 3.8) is 0 Å². The van der Waals surface area contributed by atoms with E-state index in [2.05, 4.69) is 105 Å². The highest BCUT2D eigenvalue weighted by molar-refractivity contribution is 9.09. The van der Waals surface area contributed by atoms with Gasteiger partial charge in [-0.1, -0.05) is 98.6 Å². The third kappa shape index (κ3) is 2.23. The zero-order valence-electron chi connectivity index (χ0n) is 12.6. The van der Waals surface area contributed by atoms with Gasteiger partial charge in [0.15, 0.2) is 0 Å². The van der Waals surface area contributed by atoms with E-state index in [0.29, 0.717) is 0 Å². The van der Waals surface area contributed by atoms with Gasteiger partial charge in [0.1, 0.15) is 0 Å². The van der Waals surface area contributed by atoms with Crippen molar-refractivity contribution in [2.75, 3.05) is 10.7 Å². The van der Waals surface area contributed by atoms with Gasteiger partial charge in [0.05, 0.1) is 0 Å². The van der Waals surface area contributed by atoms with Crippen molar-refractivity contribution < 1.29 is 0 Å². The highest BCUT2D eigenvalue weighted by Crippen LogP contribution is 2.52. The maximum atomic E-state index is 3.80. The number of allylic oxidation sites excluding steroid dienone is 5. The van der Waals surface area contributed by atoms with Crippen LogP contribution in [0, 0.1) is 0 Å². The Morgan fingerprint density at radius 2 is 1.61 bits per heavy atom. The summed E-state index contributed by atoms with van der Waals surface area (Å²) in [5, 5.41) is 1.75. The fourth-order valence-corrected chi connectivity index (χ4v) is 4.91. The normalized spacial score (nSPS) is 21.9. The predicted molar refractivity (Wildman–Crippen MR) is 106 cm³/mol. The quantitative estimate of drug-likeness (QED) is 0.516. The summed E-state index contributed by atoms with van der Waals surface area (Å²) in [7, 11) is 0. The molecule has 0 amide bonds. The summed E-state index contributed by atoms with van der Waals surface area (Å²) >= 11 is 7.47. The van der Waals surface area contributed by atoms with E-state index >= 15 is 0 Å². The van der Waals surface area contributed by atoms with Crippen LogP contribution < -0.4 is 0 Å². The molecule has 0 nitrogen and oxygen atoms in total. The summed E-state index contributed by atoms with van der Waals surface area (Å²) in [6.07, 6.45) is 7.01. The molecule has 2 heteroatoms. The molecule has 4 rings (SSSR count). The first-order valence-corrected chi connectivity index (χ1v) is 9.96. The van der Waals surface area contributed by atoms with Crippen LogP contribution in [0.25, 0.3) is 11.6 Å². The molecule has 0 saturated heterocycles. The Balaban J connectivity index is 1.98. The monoisotopic (exact) mass is 426 g/mol.